The van der Waals surface area contributed by atoms with Gasteiger partial charge in [0.25, 0.3) is 0 Å². The SMILES string of the molecule is O=C1N(CCO)CCN1c1cccc(O)c1. The molecule has 1 aliphatic rings. The summed E-state index contributed by atoms with van der Waals surface area (Å²) in [6.07, 6.45) is 0. The molecule has 0 aromatic heterocycles. The van der Waals surface area contributed by atoms with Crippen molar-refractivity contribution in [1.82, 2.24) is 4.90 Å². The monoisotopic (exact) mass is 222 g/mol. The van der Waals surface area contributed by atoms with Crippen LogP contribution in [0.4, 0.5) is 10.5 Å². The quantitative estimate of drug-likeness (QED) is 0.788. The third kappa shape index (κ3) is 1.94. The number of hydrogen-bond donors (Lipinski definition) is 2. The average molecular weight is 222 g/mol. The minimum absolute atomic E-state index is 0.0282. The van der Waals surface area contributed by atoms with Gasteiger partial charge >= 0.3 is 6.03 Å². The summed E-state index contributed by atoms with van der Waals surface area (Å²) in [5, 5.41) is 18.1. The van der Waals surface area contributed by atoms with Crippen LogP contribution in [0.2, 0.25) is 0 Å². The summed E-state index contributed by atoms with van der Waals surface area (Å²) in [6, 6.07) is 6.47. The fourth-order valence-electron chi connectivity index (χ4n) is 1.81. The zero-order valence-corrected chi connectivity index (χ0v) is 8.83. The molecule has 2 rings (SSSR count). The lowest BCUT2D eigenvalue weighted by Gasteiger charge is -2.17. The Morgan fingerprint density at radius 2 is 2.12 bits per heavy atom. The third-order valence-corrected chi connectivity index (χ3v) is 2.61. The van der Waals surface area contributed by atoms with Crippen molar-refractivity contribution < 1.29 is 15.0 Å². The van der Waals surface area contributed by atoms with Crippen LogP contribution in [0.15, 0.2) is 24.3 Å². The predicted molar refractivity (Wildman–Crippen MR) is 59.5 cm³/mol. The molecule has 0 unspecified atom stereocenters. The van der Waals surface area contributed by atoms with Crippen molar-refractivity contribution >= 4 is 11.7 Å². The topological polar surface area (TPSA) is 64.0 Å². The van der Waals surface area contributed by atoms with Crippen molar-refractivity contribution in [1.29, 1.82) is 0 Å². The van der Waals surface area contributed by atoms with Crippen molar-refractivity contribution in [3.63, 3.8) is 0 Å². The smallest absolute Gasteiger partial charge is 0.324 e. The molecule has 0 atom stereocenters. The first-order valence-corrected chi connectivity index (χ1v) is 5.18. The second kappa shape index (κ2) is 4.40. The number of rotatable bonds is 3. The van der Waals surface area contributed by atoms with Gasteiger partial charge in [0.2, 0.25) is 0 Å². The molecule has 86 valence electrons. The highest BCUT2D eigenvalue weighted by molar-refractivity contribution is 5.94. The summed E-state index contributed by atoms with van der Waals surface area (Å²) in [7, 11) is 0. The van der Waals surface area contributed by atoms with E-state index in [-0.39, 0.29) is 18.4 Å². The number of carbonyl (C=O) groups is 1. The van der Waals surface area contributed by atoms with E-state index in [2.05, 4.69) is 0 Å². The molecule has 0 radical (unpaired) electrons. The van der Waals surface area contributed by atoms with Gasteiger partial charge in [0.15, 0.2) is 0 Å². The second-order valence-electron chi connectivity index (χ2n) is 3.66. The second-order valence-corrected chi connectivity index (χ2v) is 3.66. The molecule has 1 heterocycles. The highest BCUT2D eigenvalue weighted by Crippen LogP contribution is 2.23. The van der Waals surface area contributed by atoms with Crippen LogP contribution in [0.25, 0.3) is 0 Å². The molecule has 1 saturated heterocycles. The van der Waals surface area contributed by atoms with Gasteiger partial charge in [-0.3, -0.25) is 4.90 Å². The van der Waals surface area contributed by atoms with Crippen molar-refractivity contribution in [2.75, 3.05) is 31.1 Å². The van der Waals surface area contributed by atoms with Gasteiger partial charge < -0.3 is 15.1 Å². The lowest BCUT2D eigenvalue weighted by Crippen LogP contribution is -2.33. The summed E-state index contributed by atoms with van der Waals surface area (Å²) in [5.41, 5.74) is 0.686. The van der Waals surface area contributed by atoms with Crippen LogP contribution in [-0.4, -0.2) is 47.4 Å². The molecule has 5 heteroatoms. The Balaban J connectivity index is 2.15. The first-order valence-electron chi connectivity index (χ1n) is 5.18. The Morgan fingerprint density at radius 3 is 2.81 bits per heavy atom. The van der Waals surface area contributed by atoms with E-state index >= 15 is 0 Å². The fraction of sp³-hybridized carbons (Fsp3) is 0.364. The number of β-amino-alcohol motifs (C(OH)–C–C–N with tert-alkyl or cyclic N) is 1. The van der Waals surface area contributed by atoms with Crippen molar-refractivity contribution in [3.05, 3.63) is 24.3 Å². The molecule has 1 fully saturated rings. The van der Waals surface area contributed by atoms with Gasteiger partial charge in [-0.2, -0.15) is 0 Å². The maximum Gasteiger partial charge on any atom is 0.324 e. The number of amides is 2. The number of aromatic hydroxyl groups is 1. The number of hydrogen-bond acceptors (Lipinski definition) is 3. The highest BCUT2D eigenvalue weighted by atomic mass is 16.3. The Labute approximate surface area is 93.5 Å². The first kappa shape index (κ1) is 10.8. The lowest BCUT2D eigenvalue weighted by molar-refractivity contribution is 0.199. The van der Waals surface area contributed by atoms with Gasteiger partial charge in [0.05, 0.1) is 6.61 Å². The molecular formula is C11H14N2O3. The zero-order chi connectivity index (χ0) is 11.5. The molecule has 2 amide bonds. The van der Waals surface area contributed by atoms with Crippen LogP contribution in [0, 0.1) is 0 Å². The maximum atomic E-state index is 11.9. The summed E-state index contributed by atoms with van der Waals surface area (Å²) in [4.78, 5) is 15.0. The fourth-order valence-corrected chi connectivity index (χ4v) is 1.81. The van der Waals surface area contributed by atoms with E-state index in [0.717, 1.165) is 0 Å². The maximum absolute atomic E-state index is 11.9. The molecule has 16 heavy (non-hydrogen) atoms. The number of benzene rings is 1. The number of aliphatic hydroxyl groups excluding tert-OH is 1. The Morgan fingerprint density at radius 1 is 1.31 bits per heavy atom. The van der Waals surface area contributed by atoms with Crippen molar-refractivity contribution in [3.8, 4) is 5.75 Å². The number of phenols is 1. The largest absolute Gasteiger partial charge is 0.508 e. The van der Waals surface area contributed by atoms with E-state index in [1.54, 1.807) is 34.1 Å². The molecule has 0 aliphatic carbocycles. The Hall–Kier alpha value is -1.75. The minimum atomic E-state index is -0.125. The van der Waals surface area contributed by atoms with Crippen LogP contribution < -0.4 is 4.90 Å². The molecule has 1 aromatic rings. The van der Waals surface area contributed by atoms with E-state index in [1.165, 1.54) is 0 Å². The lowest BCUT2D eigenvalue weighted by atomic mass is 10.3. The third-order valence-electron chi connectivity index (χ3n) is 2.61. The predicted octanol–water partition coefficient (Wildman–Crippen LogP) is 0.627. The van der Waals surface area contributed by atoms with E-state index < -0.39 is 0 Å². The molecule has 0 saturated carbocycles. The zero-order valence-electron chi connectivity index (χ0n) is 8.83. The van der Waals surface area contributed by atoms with Crippen LogP contribution >= 0.6 is 0 Å². The van der Waals surface area contributed by atoms with Crippen LogP contribution in [-0.2, 0) is 0 Å². The molecule has 0 bridgehead atoms. The normalized spacial score (nSPS) is 15.9. The number of urea groups is 1. The standard InChI is InChI=1S/C11H14N2O3/c14-7-6-12-4-5-13(11(12)16)9-2-1-3-10(15)8-9/h1-3,8,14-15H,4-7H2. The van der Waals surface area contributed by atoms with Gasteiger partial charge in [-0.25, -0.2) is 4.79 Å². The molecule has 2 N–H and O–H groups in total. The molecule has 1 aromatic carbocycles. The Bertz CT molecular complexity index is 395. The van der Waals surface area contributed by atoms with E-state index in [1.807, 2.05) is 0 Å². The number of anilines is 1. The van der Waals surface area contributed by atoms with Gasteiger partial charge in [0.1, 0.15) is 5.75 Å². The average Bonchev–Trinajstić information content (AvgIpc) is 2.61. The molecule has 5 nitrogen and oxygen atoms in total. The summed E-state index contributed by atoms with van der Waals surface area (Å²) in [6.45, 7) is 1.52. The molecular weight excluding hydrogens is 208 g/mol. The molecule has 0 spiro atoms. The van der Waals surface area contributed by atoms with E-state index in [4.69, 9.17) is 5.11 Å². The van der Waals surface area contributed by atoms with E-state index in [9.17, 15) is 9.90 Å². The van der Waals surface area contributed by atoms with Crippen LogP contribution in [0.3, 0.4) is 0 Å². The van der Waals surface area contributed by atoms with Gasteiger partial charge in [0, 0.05) is 31.4 Å². The highest BCUT2D eigenvalue weighted by Gasteiger charge is 2.28. The number of nitrogens with zero attached hydrogens (tertiary/aromatic N) is 2. The summed E-state index contributed by atoms with van der Waals surface area (Å²) >= 11 is 0. The van der Waals surface area contributed by atoms with Gasteiger partial charge in [-0.05, 0) is 12.1 Å². The van der Waals surface area contributed by atoms with Crippen molar-refractivity contribution in [2.45, 2.75) is 0 Å². The van der Waals surface area contributed by atoms with Crippen LogP contribution in [0.1, 0.15) is 0 Å². The Kier molecular flexibility index (Phi) is 2.96. The van der Waals surface area contributed by atoms with Crippen molar-refractivity contribution in [2.24, 2.45) is 0 Å². The minimum Gasteiger partial charge on any atom is -0.508 e. The summed E-state index contributed by atoms with van der Waals surface area (Å²) in [5.74, 6) is 0.144. The van der Waals surface area contributed by atoms with E-state index in [0.29, 0.717) is 25.3 Å². The number of aliphatic hydroxyl groups is 1. The molecule has 1 aliphatic heterocycles. The number of carbonyl (C=O) groups excluding carboxylic acids is 1. The number of phenolic OH excluding ortho intramolecular Hbond substituents is 1. The van der Waals surface area contributed by atoms with Gasteiger partial charge in [-0.15, -0.1) is 0 Å². The summed E-state index contributed by atoms with van der Waals surface area (Å²) < 4.78 is 0. The first-order chi connectivity index (χ1) is 7.72. The van der Waals surface area contributed by atoms with Crippen LogP contribution in [0.5, 0.6) is 5.75 Å². The van der Waals surface area contributed by atoms with Gasteiger partial charge in [-0.1, -0.05) is 6.07 Å².